The molecule has 0 fully saturated rings. The Kier molecular flexibility index (Phi) is 6.84. The molecule has 0 aromatic heterocycles. The number of ether oxygens (including phenoxy) is 1. The van der Waals surface area contributed by atoms with Gasteiger partial charge in [-0.15, -0.1) is 0 Å². The number of amides is 2. The van der Waals surface area contributed by atoms with E-state index in [0.717, 1.165) is 12.7 Å². The molecule has 31 heavy (non-hydrogen) atoms. The van der Waals surface area contributed by atoms with Crippen molar-refractivity contribution in [2.45, 2.75) is 38.8 Å². The molecule has 2 N–H and O–H groups in total. The van der Waals surface area contributed by atoms with Gasteiger partial charge in [0.1, 0.15) is 5.75 Å². The number of nitrogens with one attached hydrogen (secondary N) is 2. The Morgan fingerprint density at radius 2 is 1.84 bits per heavy atom. The standard InChI is InChI=1S/C22H27N3O5S/c1-4-15(2)23-21(26)16-9-5-6-10-17(16)24-22(27)20-13-14-25(31(3,28)29)18-11-7-8-12-19(18)30-20/h5-12,15,20H,4,13-14H2,1-3H3,(H,23,26)(H,24,27). The lowest BCUT2D eigenvalue weighted by Crippen LogP contribution is -2.37. The maximum Gasteiger partial charge on any atom is 0.265 e. The van der Waals surface area contributed by atoms with Crippen molar-refractivity contribution in [3.05, 3.63) is 54.1 Å². The minimum absolute atomic E-state index is 0.0000692. The van der Waals surface area contributed by atoms with E-state index >= 15 is 0 Å². The molecule has 0 spiro atoms. The average molecular weight is 446 g/mol. The minimum Gasteiger partial charge on any atom is -0.478 e. The van der Waals surface area contributed by atoms with Crippen LogP contribution in [0.4, 0.5) is 11.4 Å². The number of hydrogen-bond acceptors (Lipinski definition) is 5. The normalized spacial score (nSPS) is 17.0. The van der Waals surface area contributed by atoms with Gasteiger partial charge < -0.3 is 15.4 Å². The second-order valence-corrected chi connectivity index (χ2v) is 9.42. The molecule has 9 heteroatoms. The lowest BCUT2D eigenvalue weighted by molar-refractivity contribution is -0.122. The molecule has 1 aliphatic rings. The molecule has 0 saturated heterocycles. The smallest absolute Gasteiger partial charge is 0.265 e. The van der Waals surface area contributed by atoms with Gasteiger partial charge >= 0.3 is 0 Å². The van der Waals surface area contributed by atoms with Crippen LogP contribution in [0.15, 0.2) is 48.5 Å². The van der Waals surface area contributed by atoms with Gasteiger partial charge in [-0.25, -0.2) is 8.42 Å². The van der Waals surface area contributed by atoms with Gasteiger partial charge in [-0.2, -0.15) is 0 Å². The summed E-state index contributed by atoms with van der Waals surface area (Å²) in [7, 11) is -3.53. The van der Waals surface area contributed by atoms with E-state index in [1.807, 2.05) is 13.8 Å². The Labute approximate surface area is 182 Å². The molecule has 2 unspecified atom stereocenters. The highest BCUT2D eigenvalue weighted by atomic mass is 32.2. The van der Waals surface area contributed by atoms with Crippen LogP contribution in [-0.4, -0.2) is 45.2 Å². The maximum absolute atomic E-state index is 13.0. The van der Waals surface area contributed by atoms with Crippen molar-refractivity contribution >= 4 is 33.2 Å². The zero-order valence-corrected chi connectivity index (χ0v) is 18.6. The van der Waals surface area contributed by atoms with Crippen molar-refractivity contribution in [1.82, 2.24) is 5.32 Å². The molecule has 1 aliphatic heterocycles. The quantitative estimate of drug-likeness (QED) is 0.711. The number of nitrogens with zero attached hydrogens (tertiary/aromatic N) is 1. The Balaban J connectivity index is 1.82. The monoisotopic (exact) mass is 445 g/mol. The second-order valence-electron chi connectivity index (χ2n) is 7.52. The fourth-order valence-corrected chi connectivity index (χ4v) is 4.21. The third kappa shape index (κ3) is 5.35. The fourth-order valence-electron chi connectivity index (χ4n) is 3.27. The van der Waals surface area contributed by atoms with Crippen molar-refractivity contribution in [3.8, 4) is 5.75 Å². The van der Waals surface area contributed by atoms with Gasteiger partial charge in [-0.05, 0) is 37.6 Å². The van der Waals surface area contributed by atoms with E-state index in [-0.39, 0.29) is 24.9 Å². The van der Waals surface area contributed by atoms with E-state index in [2.05, 4.69) is 10.6 Å². The average Bonchev–Trinajstić information content (AvgIpc) is 2.93. The van der Waals surface area contributed by atoms with Gasteiger partial charge in [-0.3, -0.25) is 13.9 Å². The molecule has 2 aromatic carbocycles. The third-order valence-electron chi connectivity index (χ3n) is 5.11. The number of benzene rings is 2. The first kappa shape index (κ1) is 22.6. The summed E-state index contributed by atoms with van der Waals surface area (Å²) in [5.74, 6) is -0.414. The molecular formula is C22H27N3O5S. The van der Waals surface area contributed by atoms with E-state index in [1.54, 1.807) is 48.5 Å². The molecule has 8 nitrogen and oxygen atoms in total. The summed E-state index contributed by atoms with van der Waals surface area (Å²) in [4.78, 5) is 25.6. The summed E-state index contributed by atoms with van der Waals surface area (Å²) in [6, 6.07) is 13.4. The first-order valence-electron chi connectivity index (χ1n) is 10.1. The molecule has 2 atom stereocenters. The summed E-state index contributed by atoms with van der Waals surface area (Å²) in [5.41, 5.74) is 1.12. The van der Waals surface area contributed by atoms with E-state index in [9.17, 15) is 18.0 Å². The van der Waals surface area contributed by atoms with Crippen LogP contribution in [-0.2, 0) is 14.8 Å². The van der Waals surface area contributed by atoms with Crippen LogP contribution in [0.1, 0.15) is 37.0 Å². The minimum atomic E-state index is -3.53. The van der Waals surface area contributed by atoms with Crippen LogP contribution in [0.5, 0.6) is 5.75 Å². The van der Waals surface area contributed by atoms with Crippen molar-refractivity contribution in [1.29, 1.82) is 0 Å². The second kappa shape index (κ2) is 9.38. The number of fused-ring (bicyclic) bond motifs is 1. The lowest BCUT2D eigenvalue weighted by Gasteiger charge is -2.20. The molecule has 0 saturated carbocycles. The summed E-state index contributed by atoms with van der Waals surface area (Å²) in [6.45, 7) is 3.98. The highest BCUT2D eigenvalue weighted by Crippen LogP contribution is 2.34. The molecule has 0 radical (unpaired) electrons. The summed E-state index contributed by atoms with van der Waals surface area (Å²) in [5, 5.41) is 5.66. The summed E-state index contributed by atoms with van der Waals surface area (Å²) in [6.07, 6.45) is 1.15. The number of para-hydroxylation sites is 3. The molecule has 2 aromatic rings. The highest BCUT2D eigenvalue weighted by molar-refractivity contribution is 7.92. The van der Waals surface area contributed by atoms with Crippen LogP contribution in [0, 0.1) is 0 Å². The number of carbonyl (C=O) groups is 2. The van der Waals surface area contributed by atoms with Crippen LogP contribution >= 0.6 is 0 Å². The Hall–Kier alpha value is -3.07. The zero-order valence-electron chi connectivity index (χ0n) is 17.8. The molecule has 0 aliphatic carbocycles. The number of carbonyl (C=O) groups excluding carboxylic acids is 2. The summed E-state index contributed by atoms with van der Waals surface area (Å²) >= 11 is 0. The van der Waals surface area contributed by atoms with Crippen LogP contribution < -0.4 is 19.7 Å². The van der Waals surface area contributed by atoms with Gasteiger partial charge in [0.15, 0.2) is 6.10 Å². The van der Waals surface area contributed by atoms with Crippen molar-refractivity contribution in [2.24, 2.45) is 0 Å². The number of hydrogen-bond donors (Lipinski definition) is 2. The van der Waals surface area contributed by atoms with Gasteiger partial charge in [0.25, 0.3) is 11.8 Å². The van der Waals surface area contributed by atoms with E-state index in [1.165, 1.54) is 4.31 Å². The van der Waals surface area contributed by atoms with E-state index in [0.29, 0.717) is 22.7 Å². The topological polar surface area (TPSA) is 105 Å². The van der Waals surface area contributed by atoms with Crippen LogP contribution in [0.25, 0.3) is 0 Å². The SMILES string of the molecule is CCC(C)NC(=O)c1ccccc1NC(=O)C1CCN(S(C)(=O)=O)c2ccccc2O1. The number of rotatable bonds is 6. The fraction of sp³-hybridized carbons (Fsp3) is 0.364. The Morgan fingerprint density at radius 1 is 1.16 bits per heavy atom. The van der Waals surface area contributed by atoms with Gasteiger partial charge in [-0.1, -0.05) is 31.2 Å². The van der Waals surface area contributed by atoms with E-state index in [4.69, 9.17) is 4.74 Å². The van der Waals surface area contributed by atoms with E-state index < -0.39 is 22.0 Å². The van der Waals surface area contributed by atoms with Crippen LogP contribution in [0.2, 0.25) is 0 Å². The van der Waals surface area contributed by atoms with Crippen molar-refractivity contribution < 1.29 is 22.7 Å². The van der Waals surface area contributed by atoms with Gasteiger partial charge in [0.2, 0.25) is 10.0 Å². The first-order valence-corrected chi connectivity index (χ1v) is 12.0. The number of sulfonamides is 1. The Bertz CT molecular complexity index is 1070. The van der Waals surface area contributed by atoms with Crippen LogP contribution in [0.3, 0.4) is 0 Å². The van der Waals surface area contributed by atoms with Gasteiger partial charge in [0.05, 0.1) is 23.2 Å². The maximum atomic E-state index is 13.0. The first-order chi connectivity index (χ1) is 14.7. The largest absolute Gasteiger partial charge is 0.478 e. The number of anilines is 2. The molecular weight excluding hydrogens is 418 g/mol. The third-order valence-corrected chi connectivity index (χ3v) is 6.29. The molecule has 3 rings (SSSR count). The zero-order chi connectivity index (χ0) is 22.6. The van der Waals surface area contributed by atoms with Crippen molar-refractivity contribution in [3.63, 3.8) is 0 Å². The lowest BCUT2D eigenvalue weighted by atomic mass is 10.1. The molecule has 166 valence electrons. The predicted molar refractivity (Wildman–Crippen MR) is 120 cm³/mol. The summed E-state index contributed by atoms with van der Waals surface area (Å²) < 4.78 is 31.6. The van der Waals surface area contributed by atoms with Gasteiger partial charge in [0, 0.05) is 19.0 Å². The van der Waals surface area contributed by atoms with Crippen molar-refractivity contribution in [2.75, 3.05) is 22.4 Å². The molecule has 1 heterocycles. The molecule has 0 bridgehead atoms. The predicted octanol–water partition coefficient (Wildman–Crippen LogP) is 2.77. The molecule has 2 amide bonds. The highest BCUT2D eigenvalue weighted by Gasteiger charge is 2.31. The Morgan fingerprint density at radius 3 is 2.55 bits per heavy atom.